The Hall–Kier alpha value is -3.53. The van der Waals surface area contributed by atoms with Crippen molar-refractivity contribution in [1.29, 1.82) is 0 Å². The normalized spacial score (nSPS) is 18.7. The van der Waals surface area contributed by atoms with Gasteiger partial charge in [-0.15, -0.1) is 0 Å². The highest BCUT2D eigenvalue weighted by Gasteiger charge is 2.41. The van der Waals surface area contributed by atoms with Crippen LogP contribution in [0.1, 0.15) is 29.8 Å². The predicted octanol–water partition coefficient (Wildman–Crippen LogP) is 5.33. The van der Waals surface area contributed by atoms with Crippen LogP contribution >= 0.6 is 27.5 Å². The van der Waals surface area contributed by atoms with Gasteiger partial charge in [-0.05, 0) is 66.9 Å². The Bertz CT molecular complexity index is 1540. The number of benzene rings is 2. The molecule has 2 atom stereocenters. The molecule has 4 heterocycles. The molecule has 1 N–H and O–H groups in total. The predicted molar refractivity (Wildman–Crippen MR) is 147 cm³/mol. The number of rotatable bonds is 6. The number of aromatic nitrogens is 3. The van der Waals surface area contributed by atoms with Gasteiger partial charge in [0.05, 0.1) is 22.8 Å². The first-order chi connectivity index (χ1) is 18.4. The molecule has 0 saturated carbocycles. The number of nitrogens with zero attached hydrogens (tertiary/aromatic N) is 4. The number of anilines is 1. The second kappa shape index (κ2) is 9.98. The lowest BCUT2D eigenvalue weighted by Crippen LogP contribution is -2.32. The number of carbonyl (C=O) groups excluding carboxylic acids is 2. The van der Waals surface area contributed by atoms with Crippen LogP contribution < -0.4 is 5.32 Å². The summed E-state index contributed by atoms with van der Waals surface area (Å²) in [4.78, 5) is 31.2. The van der Waals surface area contributed by atoms with Gasteiger partial charge in [0.2, 0.25) is 5.91 Å². The van der Waals surface area contributed by atoms with Gasteiger partial charge in [-0.3, -0.25) is 14.6 Å². The molecular formula is C28H23BrClN5O3. The molecule has 0 radical (unpaired) electrons. The maximum atomic E-state index is 13.2. The zero-order valence-electron chi connectivity index (χ0n) is 20.4. The van der Waals surface area contributed by atoms with Crippen LogP contribution in [-0.2, 0) is 27.2 Å². The molecule has 8 nitrogen and oxygen atoms in total. The first-order valence-corrected chi connectivity index (χ1v) is 13.4. The third-order valence-electron chi connectivity index (χ3n) is 6.75. The minimum atomic E-state index is -0.633. The molecule has 2 amide bonds. The molecule has 0 spiro atoms. The highest BCUT2D eigenvalue weighted by molar-refractivity contribution is 9.10. The molecule has 2 unspecified atom stereocenters. The number of hydrogen-bond acceptors (Lipinski definition) is 5. The monoisotopic (exact) mass is 591 g/mol. The fourth-order valence-electron chi connectivity index (χ4n) is 4.84. The summed E-state index contributed by atoms with van der Waals surface area (Å²) in [7, 11) is 0. The number of amides is 2. The summed E-state index contributed by atoms with van der Waals surface area (Å²) in [5, 5.41) is 8.23. The second-order valence-corrected chi connectivity index (χ2v) is 10.7. The minimum Gasteiger partial charge on any atom is -0.341 e. The SMILES string of the molecule is CC1OC(c2cn(-c3ccc(Br)cc3)nc2-c2ccc(Cl)cn2)N(CCc2ccc3c(c2)CC(=O)N3)C1=O. The third-order valence-corrected chi connectivity index (χ3v) is 7.51. The average molecular weight is 593 g/mol. The van der Waals surface area contributed by atoms with E-state index in [1.165, 1.54) is 0 Å². The molecule has 2 aliphatic heterocycles. The Labute approximate surface area is 232 Å². The van der Waals surface area contributed by atoms with Crippen molar-refractivity contribution in [2.75, 3.05) is 11.9 Å². The molecule has 2 aliphatic rings. The molecule has 38 heavy (non-hydrogen) atoms. The Morgan fingerprint density at radius 2 is 1.95 bits per heavy atom. The lowest BCUT2D eigenvalue weighted by molar-refractivity contribution is -0.130. The van der Waals surface area contributed by atoms with E-state index in [9.17, 15) is 9.59 Å². The number of fused-ring (bicyclic) bond motifs is 1. The highest BCUT2D eigenvalue weighted by atomic mass is 79.9. The molecule has 10 heteroatoms. The molecule has 4 aromatic rings. The van der Waals surface area contributed by atoms with Gasteiger partial charge in [-0.1, -0.05) is 39.7 Å². The fraction of sp³-hybridized carbons (Fsp3) is 0.214. The quantitative estimate of drug-likeness (QED) is 0.327. The van der Waals surface area contributed by atoms with Gasteiger partial charge in [0.15, 0.2) is 6.23 Å². The van der Waals surface area contributed by atoms with Crippen LogP contribution in [-0.4, -0.2) is 44.1 Å². The Kier molecular flexibility index (Phi) is 6.51. The van der Waals surface area contributed by atoms with E-state index < -0.39 is 12.3 Å². The average Bonchev–Trinajstić information content (AvgIpc) is 3.58. The lowest BCUT2D eigenvalue weighted by Gasteiger charge is -2.23. The molecular weight excluding hydrogens is 570 g/mol. The fourth-order valence-corrected chi connectivity index (χ4v) is 5.22. The summed E-state index contributed by atoms with van der Waals surface area (Å²) >= 11 is 9.57. The highest BCUT2D eigenvalue weighted by Crippen LogP contribution is 2.37. The summed E-state index contributed by atoms with van der Waals surface area (Å²) in [6.07, 6.45) is 3.24. The standard InChI is InChI=1S/C28H23BrClN5O3/c1-16-27(37)34(11-10-17-2-8-23-18(12-17)13-25(36)32-23)28(38-16)22-15-35(21-6-3-19(29)4-7-21)33-26(22)24-9-5-20(30)14-31-24/h2-9,12,14-16,28H,10-11,13H2,1H3,(H,32,36). The largest absolute Gasteiger partial charge is 0.341 e. The Morgan fingerprint density at radius 3 is 2.71 bits per heavy atom. The van der Waals surface area contributed by atoms with Crippen LogP contribution in [0.5, 0.6) is 0 Å². The number of pyridine rings is 1. The zero-order valence-corrected chi connectivity index (χ0v) is 22.7. The van der Waals surface area contributed by atoms with Crippen LogP contribution in [0.3, 0.4) is 0 Å². The number of hydrogen-bond donors (Lipinski definition) is 1. The van der Waals surface area contributed by atoms with Gasteiger partial charge < -0.3 is 15.0 Å². The maximum Gasteiger partial charge on any atom is 0.253 e. The molecule has 1 saturated heterocycles. The van der Waals surface area contributed by atoms with Crippen molar-refractivity contribution in [1.82, 2.24) is 19.7 Å². The Morgan fingerprint density at radius 1 is 1.13 bits per heavy atom. The van der Waals surface area contributed by atoms with Gasteiger partial charge in [0.1, 0.15) is 11.8 Å². The van der Waals surface area contributed by atoms with Crippen molar-refractivity contribution >= 4 is 45.0 Å². The van der Waals surface area contributed by atoms with Gasteiger partial charge in [-0.2, -0.15) is 5.10 Å². The summed E-state index contributed by atoms with van der Waals surface area (Å²) in [5.41, 5.74) is 5.73. The van der Waals surface area contributed by atoms with E-state index >= 15 is 0 Å². The van der Waals surface area contributed by atoms with Gasteiger partial charge >= 0.3 is 0 Å². The molecule has 2 aromatic carbocycles. The molecule has 1 fully saturated rings. The third kappa shape index (κ3) is 4.73. The number of ether oxygens (including phenoxy) is 1. The summed E-state index contributed by atoms with van der Waals surface area (Å²) < 4.78 is 8.94. The molecule has 2 aromatic heterocycles. The number of carbonyl (C=O) groups is 2. The summed E-state index contributed by atoms with van der Waals surface area (Å²) in [6.45, 7) is 2.21. The van der Waals surface area contributed by atoms with Crippen LogP contribution in [0.2, 0.25) is 5.02 Å². The first-order valence-electron chi connectivity index (χ1n) is 12.2. The van der Waals surface area contributed by atoms with E-state index in [2.05, 4.69) is 26.2 Å². The maximum absolute atomic E-state index is 13.2. The second-order valence-electron chi connectivity index (χ2n) is 9.34. The smallest absolute Gasteiger partial charge is 0.253 e. The summed E-state index contributed by atoms with van der Waals surface area (Å²) in [6, 6.07) is 17.3. The van der Waals surface area contributed by atoms with Crippen molar-refractivity contribution < 1.29 is 14.3 Å². The van der Waals surface area contributed by atoms with E-state index in [4.69, 9.17) is 21.4 Å². The Balaban J connectivity index is 1.34. The van der Waals surface area contributed by atoms with E-state index in [1.807, 2.05) is 54.7 Å². The van der Waals surface area contributed by atoms with Crippen molar-refractivity contribution in [3.05, 3.63) is 93.2 Å². The van der Waals surface area contributed by atoms with Crippen molar-refractivity contribution in [2.24, 2.45) is 0 Å². The van der Waals surface area contributed by atoms with Gasteiger partial charge in [-0.25, -0.2) is 4.68 Å². The molecule has 6 rings (SSSR count). The molecule has 192 valence electrons. The van der Waals surface area contributed by atoms with Crippen molar-refractivity contribution in [3.8, 4) is 17.1 Å². The number of nitrogens with one attached hydrogen (secondary N) is 1. The van der Waals surface area contributed by atoms with Gasteiger partial charge in [0, 0.05) is 34.7 Å². The minimum absolute atomic E-state index is 0.000263. The van der Waals surface area contributed by atoms with Crippen LogP contribution in [0.4, 0.5) is 5.69 Å². The lowest BCUT2D eigenvalue weighted by atomic mass is 10.1. The van der Waals surface area contributed by atoms with Crippen LogP contribution in [0, 0.1) is 0 Å². The van der Waals surface area contributed by atoms with E-state index in [1.54, 1.807) is 28.8 Å². The van der Waals surface area contributed by atoms with Crippen molar-refractivity contribution in [3.63, 3.8) is 0 Å². The molecule has 0 bridgehead atoms. The first kappa shape index (κ1) is 24.8. The number of halogens is 2. The van der Waals surface area contributed by atoms with E-state index in [0.717, 1.165) is 32.5 Å². The van der Waals surface area contributed by atoms with Gasteiger partial charge in [0.25, 0.3) is 5.91 Å². The van der Waals surface area contributed by atoms with Crippen LogP contribution in [0.25, 0.3) is 17.1 Å². The topological polar surface area (TPSA) is 89.3 Å². The van der Waals surface area contributed by atoms with Crippen molar-refractivity contribution in [2.45, 2.75) is 32.1 Å². The molecule has 0 aliphatic carbocycles. The van der Waals surface area contributed by atoms with E-state index in [-0.39, 0.29) is 11.8 Å². The zero-order chi connectivity index (χ0) is 26.4. The van der Waals surface area contributed by atoms with E-state index in [0.29, 0.717) is 35.8 Å². The summed E-state index contributed by atoms with van der Waals surface area (Å²) in [5.74, 6) is -0.0836. The van der Waals surface area contributed by atoms with Crippen LogP contribution in [0.15, 0.2) is 71.5 Å².